The molecular weight excluding hydrogens is 334 g/mol. The second kappa shape index (κ2) is 7.91. The number of aromatic hydroxyl groups is 1. The van der Waals surface area contributed by atoms with Crippen molar-refractivity contribution in [3.05, 3.63) is 45.3 Å². The van der Waals surface area contributed by atoms with E-state index in [0.29, 0.717) is 18.7 Å². The molecule has 1 aliphatic rings. The lowest BCUT2D eigenvalue weighted by Crippen LogP contribution is -2.10. The maximum atomic E-state index is 12.5. The molecule has 0 aliphatic heterocycles. The smallest absolute Gasteiger partial charge is 0.341 e. The number of benzene rings is 1. The first-order chi connectivity index (χ1) is 12.1. The fourth-order valence-corrected chi connectivity index (χ4v) is 4.59. The van der Waals surface area contributed by atoms with Crippen LogP contribution in [0.2, 0.25) is 0 Å². The predicted octanol–water partition coefficient (Wildman–Crippen LogP) is 4.82. The van der Waals surface area contributed by atoms with Crippen molar-refractivity contribution in [3.63, 3.8) is 0 Å². The van der Waals surface area contributed by atoms with E-state index in [0.717, 1.165) is 41.0 Å². The molecule has 0 radical (unpaired) electrons. The van der Waals surface area contributed by atoms with Crippen LogP contribution in [-0.2, 0) is 24.1 Å². The zero-order valence-electron chi connectivity index (χ0n) is 14.9. The highest BCUT2D eigenvalue weighted by Crippen LogP contribution is 2.38. The number of carbonyl (C=O) groups is 1. The van der Waals surface area contributed by atoms with E-state index in [-0.39, 0.29) is 11.7 Å². The molecular formula is C20H25NO3S. The summed E-state index contributed by atoms with van der Waals surface area (Å²) in [6, 6.07) is 5.56. The summed E-state index contributed by atoms with van der Waals surface area (Å²) in [4.78, 5) is 13.8. The molecule has 0 unspecified atom stereocenters. The number of anilines is 1. The molecule has 2 N–H and O–H groups in total. The van der Waals surface area contributed by atoms with Gasteiger partial charge < -0.3 is 15.2 Å². The fraction of sp³-hybridized carbons (Fsp3) is 0.450. The lowest BCUT2D eigenvalue weighted by molar-refractivity contribution is 0.0526. The predicted molar refractivity (Wildman–Crippen MR) is 102 cm³/mol. The highest BCUT2D eigenvalue weighted by atomic mass is 32.1. The number of rotatable bonds is 5. The monoisotopic (exact) mass is 359 g/mol. The number of nitrogens with one attached hydrogen (secondary N) is 1. The van der Waals surface area contributed by atoms with Crippen LogP contribution in [0.3, 0.4) is 0 Å². The minimum Gasteiger partial charge on any atom is -0.508 e. The van der Waals surface area contributed by atoms with E-state index in [1.54, 1.807) is 17.4 Å². The van der Waals surface area contributed by atoms with Crippen molar-refractivity contribution in [2.24, 2.45) is 0 Å². The Labute approximate surface area is 152 Å². The first-order valence-electron chi connectivity index (χ1n) is 8.94. The van der Waals surface area contributed by atoms with Crippen LogP contribution in [0.1, 0.15) is 58.1 Å². The summed E-state index contributed by atoms with van der Waals surface area (Å²) < 4.78 is 5.31. The lowest BCUT2D eigenvalue weighted by Gasteiger charge is -2.10. The number of aryl methyl sites for hydroxylation is 2. The summed E-state index contributed by atoms with van der Waals surface area (Å²) in [5.41, 5.74) is 3.80. The number of carbonyl (C=O) groups excluding carboxylic acids is 1. The molecule has 0 atom stereocenters. The van der Waals surface area contributed by atoms with Gasteiger partial charge in [0, 0.05) is 17.0 Å². The largest absolute Gasteiger partial charge is 0.508 e. The van der Waals surface area contributed by atoms with Gasteiger partial charge in [-0.1, -0.05) is 24.1 Å². The minimum atomic E-state index is -0.238. The lowest BCUT2D eigenvalue weighted by atomic mass is 10.1. The molecule has 0 bridgehead atoms. The van der Waals surface area contributed by atoms with Crippen LogP contribution >= 0.6 is 11.3 Å². The Kier molecular flexibility index (Phi) is 5.63. The minimum absolute atomic E-state index is 0.238. The van der Waals surface area contributed by atoms with Gasteiger partial charge in [-0.25, -0.2) is 4.79 Å². The van der Waals surface area contributed by atoms with Gasteiger partial charge in [0.2, 0.25) is 0 Å². The van der Waals surface area contributed by atoms with Crippen LogP contribution in [0.15, 0.2) is 18.2 Å². The molecule has 0 saturated carbocycles. The average Bonchev–Trinajstić information content (AvgIpc) is 2.77. The summed E-state index contributed by atoms with van der Waals surface area (Å²) in [5.74, 6) is 0.0340. The Morgan fingerprint density at radius 1 is 1.28 bits per heavy atom. The van der Waals surface area contributed by atoms with Gasteiger partial charge in [-0.2, -0.15) is 0 Å². The molecule has 1 aliphatic carbocycles. The van der Waals surface area contributed by atoms with E-state index in [1.165, 1.54) is 17.7 Å². The molecule has 134 valence electrons. The third-order valence-corrected chi connectivity index (χ3v) is 5.82. The van der Waals surface area contributed by atoms with Crippen LogP contribution < -0.4 is 5.32 Å². The fourth-order valence-electron chi connectivity index (χ4n) is 3.32. The van der Waals surface area contributed by atoms with E-state index < -0.39 is 0 Å². The highest BCUT2D eigenvalue weighted by molar-refractivity contribution is 7.16. The highest BCUT2D eigenvalue weighted by Gasteiger charge is 2.25. The van der Waals surface area contributed by atoms with Crippen molar-refractivity contribution in [2.75, 3.05) is 11.9 Å². The summed E-state index contributed by atoms with van der Waals surface area (Å²) in [6.45, 7) is 4.70. The zero-order chi connectivity index (χ0) is 17.8. The van der Waals surface area contributed by atoms with Gasteiger partial charge in [-0.15, -0.1) is 11.3 Å². The Bertz CT molecular complexity index is 767. The molecule has 25 heavy (non-hydrogen) atoms. The van der Waals surface area contributed by atoms with Gasteiger partial charge in [0.1, 0.15) is 10.8 Å². The van der Waals surface area contributed by atoms with Crippen molar-refractivity contribution in [3.8, 4) is 5.75 Å². The van der Waals surface area contributed by atoms with Crippen LogP contribution in [0, 0.1) is 6.92 Å². The van der Waals surface area contributed by atoms with Crippen LogP contribution in [0.4, 0.5) is 5.00 Å². The molecule has 1 aromatic carbocycles. The van der Waals surface area contributed by atoms with Crippen LogP contribution in [0.5, 0.6) is 5.75 Å². The molecule has 0 amide bonds. The normalized spacial score (nSPS) is 13.8. The second-order valence-electron chi connectivity index (χ2n) is 6.47. The van der Waals surface area contributed by atoms with Gasteiger partial charge in [0.05, 0.1) is 12.2 Å². The van der Waals surface area contributed by atoms with E-state index in [1.807, 2.05) is 26.0 Å². The molecule has 2 aromatic rings. The van der Waals surface area contributed by atoms with Gasteiger partial charge in [0.25, 0.3) is 0 Å². The number of ether oxygens (including phenoxy) is 1. The molecule has 0 saturated heterocycles. The van der Waals surface area contributed by atoms with Gasteiger partial charge in [-0.3, -0.25) is 0 Å². The summed E-state index contributed by atoms with van der Waals surface area (Å²) in [5, 5.41) is 14.3. The van der Waals surface area contributed by atoms with Crippen molar-refractivity contribution in [2.45, 2.75) is 52.5 Å². The third-order valence-electron chi connectivity index (χ3n) is 4.58. The molecule has 0 fully saturated rings. The summed E-state index contributed by atoms with van der Waals surface area (Å²) in [6.07, 6.45) is 5.48. The molecule has 1 heterocycles. The molecule has 4 nitrogen and oxygen atoms in total. The zero-order valence-corrected chi connectivity index (χ0v) is 15.7. The Morgan fingerprint density at radius 3 is 2.88 bits per heavy atom. The quantitative estimate of drug-likeness (QED) is 0.593. The topological polar surface area (TPSA) is 58.6 Å². The Morgan fingerprint density at radius 2 is 2.08 bits per heavy atom. The van der Waals surface area contributed by atoms with E-state index in [4.69, 9.17) is 4.74 Å². The number of hydrogen-bond donors (Lipinski definition) is 2. The third kappa shape index (κ3) is 3.98. The van der Waals surface area contributed by atoms with Crippen molar-refractivity contribution >= 4 is 22.3 Å². The molecule has 0 spiro atoms. The Hall–Kier alpha value is -2.01. The number of hydrogen-bond acceptors (Lipinski definition) is 5. The van der Waals surface area contributed by atoms with Gasteiger partial charge >= 0.3 is 5.97 Å². The Balaban J connectivity index is 1.89. The molecule has 1 aromatic heterocycles. The molecule has 3 rings (SSSR count). The molecule has 5 heteroatoms. The van der Waals surface area contributed by atoms with Gasteiger partial charge in [-0.05, 0) is 51.2 Å². The average molecular weight is 359 g/mol. The number of phenols is 1. The maximum absolute atomic E-state index is 12.5. The summed E-state index contributed by atoms with van der Waals surface area (Å²) >= 11 is 1.67. The van der Waals surface area contributed by atoms with Gasteiger partial charge in [0.15, 0.2) is 0 Å². The van der Waals surface area contributed by atoms with E-state index >= 15 is 0 Å². The standard InChI is InChI=1S/C20H25NO3S/c1-3-24-20(23)18-15-7-5-4-6-8-17(15)25-19(18)21-12-14-11-13(2)9-10-16(14)22/h9-11,21-22H,3-8,12H2,1-2H3. The van der Waals surface area contributed by atoms with Crippen molar-refractivity contribution in [1.82, 2.24) is 0 Å². The van der Waals surface area contributed by atoms with Crippen LogP contribution in [-0.4, -0.2) is 17.7 Å². The number of phenolic OH excluding ortho intramolecular Hbond substituents is 1. The summed E-state index contributed by atoms with van der Waals surface area (Å²) in [7, 11) is 0. The first-order valence-corrected chi connectivity index (χ1v) is 9.75. The SMILES string of the molecule is CCOC(=O)c1c(NCc2cc(C)ccc2O)sc2c1CCCCC2. The second-order valence-corrected chi connectivity index (χ2v) is 7.58. The van der Waals surface area contributed by atoms with E-state index in [9.17, 15) is 9.90 Å². The number of thiophene rings is 1. The number of fused-ring (bicyclic) bond motifs is 1. The van der Waals surface area contributed by atoms with E-state index in [2.05, 4.69) is 5.32 Å². The first kappa shape index (κ1) is 17.8. The van der Waals surface area contributed by atoms with Crippen LogP contribution in [0.25, 0.3) is 0 Å². The van der Waals surface area contributed by atoms with Crippen molar-refractivity contribution in [1.29, 1.82) is 0 Å². The van der Waals surface area contributed by atoms with Crippen molar-refractivity contribution < 1.29 is 14.6 Å². The number of esters is 1. The maximum Gasteiger partial charge on any atom is 0.341 e.